The van der Waals surface area contributed by atoms with Crippen molar-refractivity contribution in [3.05, 3.63) is 65.7 Å². The molecule has 0 bridgehead atoms. The number of para-hydroxylation sites is 1. The summed E-state index contributed by atoms with van der Waals surface area (Å²) in [5.41, 5.74) is 2.23. The van der Waals surface area contributed by atoms with E-state index < -0.39 is 5.97 Å². The number of esters is 1. The van der Waals surface area contributed by atoms with Crippen molar-refractivity contribution in [2.75, 3.05) is 38.2 Å². The Balaban J connectivity index is 1.62. The van der Waals surface area contributed by atoms with Gasteiger partial charge in [0.05, 0.1) is 12.7 Å². The van der Waals surface area contributed by atoms with Crippen molar-refractivity contribution in [1.82, 2.24) is 4.90 Å². The number of rotatable bonds is 3. The van der Waals surface area contributed by atoms with Crippen LogP contribution in [0, 0.1) is 0 Å². The van der Waals surface area contributed by atoms with Gasteiger partial charge >= 0.3 is 5.97 Å². The van der Waals surface area contributed by atoms with Crippen LogP contribution in [0.5, 0.6) is 0 Å². The van der Waals surface area contributed by atoms with Gasteiger partial charge in [-0.05, 0) is 36.4 Å². The molecule has 124 valence electrons. The molecule has 24 heavy (non-hydrogen) atoms. The Labute approximate surface area is 141 Å². The first-order valence-electron chi connectivity index (χ1n) is 7.96. The van der Waals surface area contributed by atoms with Crippen LogP contribution in [-0.2, 0) is 4.74 Å². The normalized spacial score (nSPS) is 14.4. The smallest absolute Gasteiger partial charge is 0.337 e. The predicted molar refractivity (Wildman–Crippen MR) is 92.3 cm³/mol. The first-order valence-corrected chi connectivity index (χ1v) is 7.96. The molecule has 1 fully saturated rings. The van der Waals surface area contributed by atoms with Gasteiger partial charge in [0.25, 0.3) is 5.91 Å². The number of methoxy groups -OCH3 is 1. The van der Waals surface area contributed by atoms with Crippen LogP contribution in [-0.4, -0.2) is 50.1 Å². The number of hydrogen-bond acceptors (Lipinski definition) is 4. The Morgan fingerprint density at radius 2 is 1.42 bits per heavy atom. The minimum absolute atomic E-state index is 0.000808. The zero-order valence-corrected chi connectivity index (χ0v) is 13.6. The van der Waals surface area contributed by atoms with Gasteiger partial charge in [0, 0.05) is 37.4 Å². The van der Waals surface area contributed by atoms with E-state index in [4.69, 9.17) is 0 Å². The summed E-state index contributed by atoms with van der Waals surface area (Å²) in [4.78, 5) is 28.2. The molecule has 0 atom stereocenters. The molecule has 1 saturated heterocycles. The molecular weight excluding hydrogens is 304 g/mol. The highest BCUT2D eigenvalue weighted by molar-refractivity contribution is 5.96. The summed E-state index contributed by atoms with van der Waals surface area (Å²) in [7, 11) is 1.34. The van der Waals surface area contributed by atoms with Crippen molar-refractivity contribution in [2.24, 2.45) is 0 Å². The number of anilines is 1. The molecule has 5 nitrogen and oxygen atoms in total. The van der Waals surface area contributed by atoms with Gasteiger partial charge in [-0.1, -0.05) is 18.2 Å². The molecule has 1 amide bonds. The monoisotopic (exact) mass is 324 g/mol. The van der Waals surface area contributed by atoms with Crippen molar-refractivity contribution in [2.45, 2.75) is 0 Å². The number of benzene rings is 2. The standard InChI is InChI=1S/C19H20N2O3/c1-24-19(23)16-9-7-15(8-10-16)18(22)21-13-11-20(12-14-21)17-5-3-2-4-6-17/h2-10H,11-14H2,1H3. The summed E-state index contributed by atoms with van der Waals surface area (Å²) in [6.07, 6.45) is 0. The fraction of sp³-hybridized carbons (Fsp3) is 0.263. The molecule has 2 aromatic rings. The first-order chi connectivity index (χ1) is 11.7. The number of nitrogens with zero attached hydrogens (tertiary/aromatic N) is 2. The fourth-order valence-electron chi connectivity index (χ4n) is 2.86. The Hall–Kier alpha value is -2.82. The van der Waals surface area contributed by atoms with E-state index in [0.29, 0.717) is 24.2 Å². The summed E-state index contributed by atoms with van der Waals surface area (Å²) in [6.45, 7) is 3.00. The summed E-state index contributed by atoms with van der Waals surface area (Å²) in [5.74, 6) is -0.399. The van der Waals surface area contributed by atoms with E-state index in [9.17, 15) is 9.59 Å². The molecule has 1 aliphatic rings. The molecule has 1 heterocycles. The minimum Gasteiger partial charge on any atom is -0.465 e. The average molecular weight is 324 g/mol. The van der Waals surface area contributed by atoms with E-state index >= 15 is 0 Å². The average Bonchev–Trinajstić information content (AvgIpc) is 2.68. The Morgan fingerprint density at radius 1 is 0.833 bits per heavy atom. The van der Waals surface area contributed by atoms with Gasteiger partial charge in [0.1, 0.15) is 0 Å². The van der Waals surface area contributed by atoms with Crippen LogP contribution in [0.2, 0.25) is 0 Å². The van der Waals surface area contributed by atoms with E-state index in [0.717, 1.165) is 13.1 Å². The molecule has 0 unspecified atom stereocenters. The predicted octanol–water partition coefficient (Wildman–Crippen LogP) is 2.44. The molecule has 0 aliphatic carbocycles. The number of ether oxygens (including phenoxy) is 1. The van der Waals surface area contributed by atoms with E-state index in [2.05, 4.69) is 21.8 Å². The maximum atomic E-state index is 12.6. The molecule has 2 aromatic carbocycles. The number of carbonyl (C=O) groups is 2. The number of carbonyl (C=O) groups excluding carboxylic acids is 2. The Kier molecular flexibility index (Phi) is 4.79. The molecule has 0 radical (unpaired) electrons. The second-order valence-electron chi connectivity index (χ2n) is 5.68. The first kappa shape index (κ1) is 16.1. The highest BCUT2D eigenvalue weighted by Gasteiger charge is 2.22. The van der Waals surface area contributed by atoms with Crippen molar-refractivity contribution in [1.29, 1.82) is 0 Å². The van der Waals surface area contributed by atoms with Crippen molar-refractivity contribution in [3.8, 4) is 0 Å². The minimum atomic E-state index is -0.398. The van der Waals surface area contributed by atoms with Gasteiger partial charge in [-0.15, -0.1) is 0 Å². The highest BCUT2D eigenvalue weighted by atomic mass is 16.5. The van der Waals surface area contributed by atoms with E-state index in [1.807, 2.05) is 23.1 Å². The maximum Gasteiger partial charge on any atom is 0.337 e. The Bertz CT molecular complexity index is 705. The zero-order valence-electron chi connectivity index (χ0n) is 13.6. The van der Waals surface area contributed by atoms with E-state index in [1.54, 1.807) is 24.3 Å². The molecule has 0 spiro atoms. The Morgan fingerprint density at radius 3 is 2.00 bits per heavy atom. The highest BCUT2D eigenvalue weighted by Crippen LogP contribution is 2.17. The van der Waals surface area contributed by atoms with E-state index in [-0.39, 0.29) is 5.91 Å². The van der Waals surface area contributed by atoms with Gasteiger partial charge < -0.3 is 14.5 Å². The van der Waals surface area contributed by atoms with Crippen molar-refractivity contribution in [3.63, 3.8) is 0 Å². The molecule has 5 heteroatoms. The molecule has 0 aromatic heterocycles. The van der Waals surface area contributed by atoms with Crippen LogP contribution in [0.3, 0.4) is 0 Å². The van der Waals surface area contributed by atoms with Crippen LogP contribution >= 0.6 is 0 Å². The van der Waals surface area contributed by atoms with Gasteiger partial charge in [-0.25, -0.2) is 4.79 Å². The summed E-state index contributed by atoms with van der Waals surface area (Å²) < 4.78 is 4.67. The largest absolute Gasteiger partial charge is 0.465 e. The number of hydrogen-bond donors (Lipinski definition) is 0. The van der Waals surface area contributed by atoms with Gasteiger partial charge in [-0.2, -0.15) is 0 Å². The van der Waals surface area contributed by atoms with Gasteiger partial charge in [0.15, 0.2) is 0 Å². The third-order valence-electron chi connectivity index (χ3n) is 4.24. The lowest BCUT2D eigenvalue weighted by molar-refractivity contribution is 0.0599. The lowest BCUT2D eigenvalue weighted by Crippen LogP contribution is -2.48. The zero-order chi connectivity index (χ0) is 16.9. The number of piperazine rings is 1. The lowest BCUT2D eigenvalue weighted by Gasteiger charge is -2.36. The van der Waals surface area contributed by atoms with Crippen LogP contribution in [0.1, 0.15) is 20.7 Å². The molecule has 3 rings (SSSR count). The lowest BCUT2D eigenvalue weighted by atomic mass is 10.1. The summed E-state index contributed by atoms with van der Waals surface area (Å²) >= 11 is 0. The quantitative estimate of drug-likeness (QED) is 0.814. The number of amides is 1. The molecule has 0 N–H and O–H groups in total. The SMILES string of the molecule is COC(=O)c1ccc(C(=O)N2CCN(c3ccccc3)CC2)cc1. The molecule has 0 saturated carbocycles. The van der Waals surface area contributed by atoms with Crippen LogP contribution in [0.15, 0.2) is 54.6 Å². The maximum absolute atomic E-state index is 12.6. The van der Waals surface area contributed by atoms with Crippen molar-refractivity contribution >= 4 is 17.6 Å². The van der Waals surface area contributed by atoms with Crippen LogP contribution < -0.4 is 4.90 Å². The van der Waals surface area contributed by atoms with Gasteiger partial charge in [-0.3, -0.25) is 4.79 Å². The summed E-state index contributed by atoms with van der Waals surface area (Å²) in [5, 5.41) is 0. The molecule has 1 aliphatic heterocycles. The van der Waals surface area contributed by atoms with Crippen molar-refractivity contribution < 1.29 is 14.3 Å². The molecular formula is C19H20N2O3. The second kappa shape index (κ2) is 7.17. The third kappa shape index (κ3) is 3.40. The van der Waals surface area contributed by atoms with Crippen LogP contribution in [0.4, 0.5) is 5.69 Å². The van der Waals surface area contributed by atoms with E-state index in [1.165, 1.54) is 12.8 Å². The second-order valence-corrected chi connectivity index (χ2v) is 5.68. The summed E-state index contributed by atoms with van der Waals surface area (Å²) in [6, 6.07) is 16.8. The van der Waals surface area contributed by atoms with Gasteiger partial charge in [0.2, 0.25) is 0 Å². The van der Waals surface area contributed by atoms with Crippen LogP contribution in [0.25, 0.3) is 0 Å². The fourth-order valence-corrected chi connectivity index (χ4v) is 2.86. The topological polar surface area (TPSA) is 49.9 Å². The third-order valence-corrected chi connectivity index (χ3v) is 4.24.